The molecule has 1 unspecified atom stereocenters. The highest BCUT2D eigenvalue weighted by Crippen LogP contribution is 2.32. The Morgan fingerprint density at radius 2 is 1.96 bits per heavy atom. The SMILES string of the molecule is CN(C1CCCN(Cc2ccc(C#N)cc2)C1)S(=O)(=O)C1CC1. The zero-order valence-electron chi connectivity index (χ0n) is 13.5. The minimum Gasteiger partial charge on any atom is -0.297 e. The molecule has 1 heterocycles. The molecule has 0 N–H and O–H groups in total. The van der Waals surface area contributed by atoms with E-state index in [0.717, 1.165) is 50.9 Å². The maximum atomic E-state index is 12.4. The van der Waals surface area contributed by atoms with Gasteiger partial charge in [-0.1, -0.05) is 12.1 Å². The number of likely N-dealkylation sites (tertiary alicyclic amines) is 1. The Kier molecular flexibility index (Phi) is 4.72. The molecule has 1 aromatic carbocycles. The fourth-order valence-corrected chi connectivity index (χ4v) is 5.01. The van der Waals surface area contributed by atoms with Crippen LogP contribution in [0.5, 0.6) is 0 Å². The zero-order valence-corrected chi connectivity index (χ0v) is 14.3. The Morgan fingerprint density at radius 3 is 2.57 bits per heavy atom. The minimum atomic E-state index is -3.10. The van der Waals surface area contributed by atoms with Crippen molar-refractivity contribution in [3.63, 3.8) is 0 Å². The molecule has 2 aliphatic rings. The topological polar surface area (TPSA) is 64.4 Å². The molecule has 2 fully saturated rings. The van der Waals surface area contributed by atoms with E-state index in [1.54, 1.807) is 11.4 Å². The van der Waals surface area contributed by atoms with Gasteiger partial charge >= 0.3 is 0 Å². The number of rotatable bonds is 5. The maximum Gasteiger partial charge on any atom is 0.217 e. The van der Waals surface area contributed by atoms with Crippen LogP contribution in [0.2, 0.25) is 0 Å². The Labute approximate surface area is 138 Å². The van der Waals surface area contributed by atoms with Crippen LogP contribution in [-0.4, -0.2) is 49.1 Å². The zero-order chi connectivity index (χ0) is 16.4. The molecule has 0 aromatic heterocycles. The lowest BCUT2D eigenvalue weighted by Crippen LogP contribution is -2.48. The van der Waals surface area contributed by atoms with E-state index < -0.39 is 10.0 Å². The summed E-state index contributed by atoms with van der Waals surface area (Å²) in [5.74, 6) is 0. The van der Waals surface area contributed by atoms with Gasteiger partial charge in [0.25, 0.3) is 0 Å². The van der Waals surface area contributed by atoms with E-state index in [9.17, 15) is 8.42 Å². The fourth-order valence-electron chi connectivity index (χ4n) is 3.22. The maximum absolute atomic E-state index is 12.4. The van der Waals surface area contributed by atoms with Gasteiger partial charge in [0.05, 0.1) is 16.9 Å². The van der Waals surface area contributed by atoms with Crippen molar-refractivity contribution < 1.29 is 8.42 Å². The van der Waals surface area contributed by atoms with E-state index in [0.29, 0.717) is 5.56 Å². The molecule has 1 aliphatic heterocycles. The molecule has 3 rings (SSSR count). The molecule has 0 bridgehead atoms. The molecule has 1 aliphatic carbocycles. The Morgan fingerprint density at radius 1 is 1.26 bits per heavy atom. The normalized spacial score (nSPS) is 22.9. The molecule has 1 atom stereocenters. The van der Waals surface area contributed by atoms with Gasteiger partial charge < -0.3 is 0 Å². The lowest BCUT2D eigenvalue weighted by Gasteiger charge is -2.37. The molecule has 0 amide bonds. The molecular formula is C17H23N3O2S. The summed E-state index contributed by atoms with van der Waals surface area (Å²) in [6.07, 6.45) is 3.58. The van der Waals surface area contributed by atoms with Crippen molar-refractivity contribution >= 4 is 10.0 Å². The predicted octanol–water partition coefficient (Wildman–Crippen LogP) is 1.95. The number of likely N-dealkylation sites (N-methyl/N-ethyl adjacent to an activating group) is 1. The van der Waals surface area contributed by atoms with Gasteiger partial charge in [0.2, 0.25) is 10.0 Å². The monoisotopic (exact) mass is 333 g/mol. The van der Waals surface area contributed by atoms with E-state index in [4.69, 9.17) is 5.26 Å². The summed E-state index contributed by atoms with van der Waals surface area (Å²) in [6.45, 7) is 2.58. The summed E-state index contributed by atoms with van der Waals surface area (Å²) < 4.78 is 26.4. The second-order valence-corrected chi connectivity index (χ2v) is 8.87. The first kappa shape index (κ1) is 16.4. The summed E-state index contributed by atoms with van der Waals surface area (Å²) >= 11 is 0. The molecule has 1 saturated carbocycles. The van der Waals surface area contributed by atoms with Crippen LogP contribution in [0.3, 0.4) is 0 Å². The Bertz CT molecular complexity index is 690. The summed E-state index contributed by atoms with van der Waals surface area (Å²) in [4.78, 5) is 2.31. The highest BCUT2D eigenvalue weighted by Gasteiger charge is 2.41. The summed E-state index contributed by atoms with van der Waals surface area (Å²) in [6, 6.07) is 9.83. The van der Waals surface area contributed by atoms with E-state index in [2.05, 4.69) is 11.0 Å². The van der Waals surface area contributed by atoms with Crippen molar-refractivity contribution in [3.8, 4) is 6.07 Å². The van der Waals surface area contributed by atoms with Gasteiger partial charge in [0.15, 0.2) is 0 Å². The third kappa shape index (κ3) is 3.74. The van der Waals surface area contributed by atoms with E-state index in [1.807, 2.05) is 24.3 Å². The summed E-state index contributed by atoms with van der Waals surface area (Å²) in [5.41, 5.74) is 1.83. The number of sulfonamides is 1. The Balaban J connectivity index is 1.62. The van der Waals surface area contributed by atoms with Crippen molar-refractivity contribution in [1.82, 2.24) is 9.21 Å². The molecule has 0 spiro atoms. The second-order valence-electron chi connectivity index (χ2n) is 6.60. The van der Waals surface area contributed by atoms with E-state index in [-0.39, 0.29) is 11.3 Å². The fraction of sp³-hybridized carbons (Fsp3) is 0.588. The summed E-state index contributed by atoms with van der Waals surface area (Å²) in [5, 5.41) is 8.71. The molecule has 6 heteroatoms. The van der Waals surface area contributed by atoms with Crippen molar-refractivity contribution in [1.29, 1.82) is 5.26 Å². The molecule has 0 radical (unpaired) electrons. The predicted molar refractivity (Wildman–Crippen MR) is 89.2 cm³/mol. The van der Waals surface area contributed by atoms with Crippen LogP contribution >= 0.6 is 0 Å². The summed E-state index contributed by atoms with van der Waals surface area (Å²) in [7, 11) is -1.36. The lowest BCUT2D eigenvalue weighted by atomic mass is 10.0. The smallest absolute Gasteiger partial charge is 0.217 e. The standard InChI is InChI=1S/C17H23N3O2S/c1-19(23(21,22)17-8-9-17)16-3-2-10-20(13-16)12-15-6-4-14(11-18)5-7-15/h4-7,16-17H,2-3,8-10,12-13H2,1H3. The first-order valence-electron chi connectivity index (χ1n) is 8.19. The molecule has 23 heavy (non-hydrogen) atoms. The van der Waals surface area contributed by atoms with Crippen molar-refractivity contribution in [3.05, 3.63) is 35.4 Å². The molecule has 1 aromatic rings. The number of piperidine rings is 1. The second kappa shape index (κ2) is 6.60. The third-order valence-electron chi connectivity index (χ3n) is 4.83. The first-order chi connectivity index (χ1) is 11.0. The number of nitriles is 1. The van der Waals surface area contributed by atoms with Crippen LogP contribution in [0.1, 0.15) is 36.8 Å². The van der Waals surface area contributed by atoms with Gasteiger partial charge in [-0.2, -0.15) is 5.26 Å². The van der Waals surface area contributed by atoms with Gasteiger partial charge in [0, 0.05) is 26.2 Å². The average Bonchev–Trinajstić information content (AvgIpc) is 3.40. The molecular weight excluding hydrogens is 310 g/mol. The third-order valence-corrected chi connectivity index (χ3v) is 7.25. The van der Waals surface area contributed by atoms with Crippen LogP contribution < -0.4 is 0 Å². The largest absolute Gasteiger partial charge is 0.297 e. The van der Waals surface area contributed by atoms with E-state index >= 15 is 0 Å². The van der Waals surface area contributed by atoms with Gasteiger partial charge in [0.1, 0.15) is 0 Å². The van der Waals surface area contributed by atoms with Crippen molar-refractivity contribution in [2.24, 2.45) is 0 Å². The lowest BCUT2D eigenvalue weighted by molar-refractivity contribution is 0.153. The quantitative estimate of drug-likeness (QED) is 0.826. The van der Waals surface area contributed by atoms with Gasteiger partial charge in [-0.3, -0.25) is 4.90 Å². The first-order valence-corrected chi connectivity index (χ1v) is 9.69. The van der Waals surface area contributed by atoms with Crippen LogP contribution in [-0.2, 0) is 16.6 Å². The molecule has 1 saturated heterocycles. The van der Waals surface area contributed by atoms with E-state index in [1.165, 1.54) is 0 Å². The number of hydrogen-bond donors (Lipinski definition) is 0. The van der Waals surface area contributed by atoms with Crippen molar-refractivity contribution in [2.75, 3.05) is 20.1 Å². The van der Waals surface area contributed by atoms with Gasteiger partial charge in [-0.15, -0.1) is 0 Å². The minimum absolute atomic E-state index is 0.0766. The average molecular weight is 333 g/mol. The van der Waals surface area contributed by atoms with Crippen LogP contribution in [0.15, 0.2) is 24.3 Å². The molecule has 124 valence electrons. The van der Waals surface area contributed by atoms with Crippen LogP contribution in [0.25, 0.3) is 0 Å². The number of hydrogen-bond acceptors (Lipinski definition) is 4. The number of benzene rings is 1. The number of nitrogens with zero attached hydrogens (tertiary/aromatic N) is 3. The highest BCUT2D eigenvalue weighted by molar-refractivity contribution is 7.90. The van der Waals surface area contributed by atoms with Gasteiger partial charge in [-0.25, -0.2) is 12.7 Å². The van der Waals surface area contributed by atoms with Crippen molar-refractivity contribution in [2.45, 2.75) is 43.5 Å². The Hall–Kier alpha value is -1.42. The van der Waals surface area contributed by atoms with Crippen LogP contribution in [0, 0.1) is 11.3 Å². The van der Waals surface area contributed by atoms with Gasteiger partial charge in [-0.05, 0) is 49.9 Å². The highest BCUT2D eigenvalue weighted by atomic mass is 32.2. The van der Waals surface area contributed by atoms with Crippen LogP contribution in [0.4, 0.5) is 0 Å². The molecule has 5 nitrogen and oxygen atoms in total.